The summed E-state index contributed by atoms with van der Waals surface area (Å²) in [4.78, 5) is 16.6. The highest BCUT2D eigenvalue weighted by Crippen LogP contribution is 2.31. The van der Waals surface area contributed by atoms with Gasteiger partial charge < -0.3 is 5.32 Å². The summed E-state index contributed by atoms with van der Waals surface area (Å²) in [6.45, 7) is 7.43. The molecule has 1 aromatic rings. The second-order valence-electron chi connectivity index (χ2n) is 4.48. The van der Waals surface area contributed by atoms with E-state index in [1.807, 2.05) is 27.7 Å². The average molecular weight is 243 g/mol. The van der Waals surface area contributed by atoms with Crippen LogP contribution in [0.2, 0.25) is 0 Å². The number of hydrogen-bond acceptors (Lipinski definition) is 5. The van der Waals surface area contributed by atoms with E-state index in [1.54, 1.807) is 0 Å². The van der Waals surface area contributed by atoms with Gasteiger partial charge in [-0.15, -0.1) is 0 Å². The maximum Gasteiger partial charge on any atom is 0.230 e. The van der Waals surface area contributed by atoms with Crippen molar-refractivity contribution >= 4 is 28.1 Å². The summed E-state index contributed by atoms with van der Waals surface area (Å²) in [5.74, 6) is -0.0460. The molecule has 0 aliphatic heterocycles. The van der Waals surface area contributed by atoms with Crippen LogP contribution in [0.15, 0.2) is 0 Å². The van der Waals surface area contributed by atoms with Gasteiger partial charge in [-0.3, -0.25) is 15.1 Å². The van der Waals surface area contributed by atoms with Crippen molar-refractivity contribution in [1.82, 2.24) is 4.37 Å². The van der Waals surface area contributed by atoms with E-state index in [1.165, 1.54) is 18.6 Å². The molecule has 1 heterocycles. The van der Waals surface area contributed by atoms with Gasteiger partial charge in [0.05, 0.1) is 12.8 Å². The first-order valence-corrected chi connectivity index (χ1v) is 5.70. The van der Waals surface area contributed by atoms with E-state index in [0.29, 0.717) is 10.7 Å². The number of anilines is 2. The van der Waals surface area contributed by atoms with Crippen LogP contribution in [0.3, 0.4) is 0 Å². The molecule has 6 heteroatoms. The number of amides is 1. The summed E-state index contributed by atoms with van der Waals surface area (Å²) in [5, 5.41) is 3.51. The summed E-state index contributed by atoms with van der Waals surface area (Å²) in [6, 6.07) is 0. The molecule has 1 aromatic heterocycles. The first-order chi connectivity index (χ1) is 7.36. The molecule has 0 saturated heterocycles. The third kappa shape index (κ3) is 2.93. The smallest absolute Gasteiger partial charge is 0.230 e. The number of hydrogen-bond donors (Lipinski definition) is 2. The topological polar surface area (TPSA) is 63.2 Å². The lowest BCUT2D eigenvalue weighted by atomic mass is 9.96. The molecule has 0 bridgehead atoms. The Hall–Kier alpha value is -1.14. The minimum absolute atomic E-state index is 0.0460. The summed E-state index contributed by atoms with van der Waals surface area (Å²) < 4.78 is 4.15. The van der Waals surface area contributed by atoms with E-state index < -0.39 is 5.41 Å². The first kappa shape index (κ1) is 12.9. The van der Waals surface area contributed by atoms with E-state index in [4.69, 9.17) is 4.84 Å². The molecule has 0 atom stereocenters. The molecule has 0 spiro atoms. The van der Waals surface area contributed by atoms with Gasteiger partial charge >= 0.3 is 0 Å². The lowest BCUT2D eigenvalue weighted by Gasteiger charge is -2.17. The number of carbonyl (C=O) groups is 1. The predicted molar refractivity (Wildman–Crippen MR) is 65.6 cm³/mol. The Bertz CT molecular complexity index is 382. The molecule has 0 aliphatic rings. The number of carbonyl (C=O) groups excluding carboxylic acids is 1. The molecule has 90 valence electrons. The van der Waals surface area contributed by atoms with Crippen LogP contribution in [0, 0.1) is 12.3 Å². The Balaban J connectivity index is 2.85. The van der Waals surface area contributed by atoms with Crippen LogP contribution in [0.25, 0.3) is 0 Å². The number of aromatic nitrogens is 1. The van der Waals surface area contributed by atoms with Gasteiger partial charge in [0, 0.05) is 5.41 Å². The van der Waals surface area contributed by atoms with E-state index in [9.17, 15) is 4.79 Å². The van der Waals surface area contributed by atoms with Crippen LogP contribution in [-0.4, -0.2) is 17.4 Å². The zero-order valence-corrected chi connectivity index (χ0v) is 11.0. The normalized spacial score (nSPS) is 11.3. The van der Waals surface area contributed by atoms with E-state index in [2.05, 4.69) is 15.2 Å². The maximum atomic E-state index is 11.8. The lowest BCUT2D eigenvalue weighted by Crippen LogP contribution is -2.27. The van der Waals surface area contributed by atoms with Crippen LogP contribution in [-0.2, 0) is 9.63 Å². The van der Waals surface area contributed by atoms with Crippen molar-refractivity contribution in [2.75, 3.05) is 17.9 Å². The quantitative estimate of drug-likeness (QED) is 0.800. The predicted octanol–water partition coefficient (Wildman–Crippen LogP) is 2.41. The maximum absolute atomic E-state index is 11.8. The highest BCUT2D eigenvalue weighted by molar-refractivity contribution is 7.11. The number of nitrogens with zero attached hydrogens (tertiary/aromatic N) is 1. The van der Waals surface area contributed by atoms with Gasteiger partial charge in [0.2, 0.25) is 5.91 Å². The zero-order valence-electron chi connectivity index (χ0n) is 10.2. The highest BCUT2D eigenvalue weighted by Gasteiger charge is 2.23. The summed E-state index contributed by atoms with van der Waals surface area (Å²) in [6.07, 6.45) is 0. The van der Waals surface area contributed by atoms with Gasteiger partial charge in [-0.05, 0) is 18.5 Å². The summed E-state index contributed by atoms with van der Waals surface area (Å²) in [7, 11) is 1.52. The number of rotatable bonds is 3. The van der Waals surface area contributed by atoms with Gasteiger partial charge in [-0.1, -0.05) is 20.8 Å². The van der Waals surface area contributed by atoms with Crippen LogP contribution < -0.4 is 10.8 Å². The zero-order chi connectivity index (χ0) is 12.3. The fourth-order valence-corrected chi connectivity index (χ4v) is 1.71. The molecule has 0 radical (unpaired) electrons. The summed E-state index contributed by atoms with van der Waals surface area (Å²) in [5.41, 5.74) is 3.80. The van der Waals surface area contributed by atoms with Gasteiger partial charge in [0.15, 0.2) is 0 Å². The van der Waals surface area contributed by atoms with Gasteiger partial charge in [0.25, 0.3) is 0 Å². The Morgan fingerprint density at radius 2 is 2.06 bits per heavy atom. The van der Waals surface area contributed by atoms with E-state index in [0.717, 1.165) is 5.69 Å². The monoisotopic (exact) mass is 243 g/mol. The van der Waals surface area contributed by atoms with Crippen molar-refractivity contribution in [1.29, 1.82) is 0 Å². The van der Waals surface area contributed by atoms with Gasteiger partial charge in [-0.2, -0.15) is 4.37 Å². The second-order valence-corrected chi connectivity index (χ2v) is 5.26. The molecule has 16 heavy (non-hydrogen) atoms. The standard InChI is InChI=1S/C10H17N3O2S/c1-6-7(12-15-5)8(16-13-6)11-9(14)10(2,3)4/h12H,1-5H3,(H,11,14). The fraction of sp³-hybridized carbons (Fsp3) is 0.600. The van der Waals surface area contributed by atoms with Gasteiger partial charge in [-0.25, -0.2) is 0 Å². The molecule has 2 N–H and O–H groups in total. The molecular formula is C10H17N3O2S. The molecule has 0 aliphatic carbocycles. The molecular weight excluding hydrogens is 226 g/mol. The Morgan fingerprint density at radius 1 is 1.44 bits per heavy atom. The summed E-state index contributed by atoms with van der Waals surface area (Å²) >= 11 is 1.24. The third-order valence-corrected chi connectivity index (χ3v) is 2.83. The first-order valence-electron chi connectivity index (χ1n) is 4.93. The van der Waals surface area contributed by atoms with Crippen LogP contribution in [0.4, 0.5) is 10.7 Å². The lowest BCUT2D eigenvalue weighted by molar-refractivity contribution is -0.123. The minimum atomic E-state index is -0.428. The third-order valence-electron chi connectivity index (χ3n) is 1.98. The largest absolute Gasteiger partial charge is 0.314 e. The SMILES string of the molecule is CONc1c(C)nsc1NC(=O)C(C)(C)C. The molecule has 5 nitrogen and oxygen atoms in total. The second kappa shape index (κ2) is 4.80. The van der Waals surface area contributed by atoms with Crippen molar-refractivity contribution in [3.8, 4) is 0 Å². The van der Waals surface area contributed by atoms with Crippen LogP contribution >= 0.6 is 11.5 Å². The van der Waals surface area contributed by atoms with Crippen LogP contribution in [0.1, 0.15) is 26.5 Å². The molecule has 0 unspecified atom stereocenters. The van der Waals surface area contributed by atoms with Crippen molar-refractivity contribution in [3.63, 3.8) is 0 Å². The van der Waals surface area contributed by atoms with Crippen LogP contribution in [0.5, 0.6) is 0 Å². The van der Waals surface area contributed by atoms with Crippen molar-refractivity contribution in [3.05, 3.63) is 5.69 Å². The highest BCUT2D eigenvalue weighted by atomic mass is 32.1. The molecule has 0 aromatic carbocycles. The van der Waals surface area contributed by atoms with E-state index >= 15 is 0 Å². The van der Waals surface area contributed by atoms with Crippen molar-refractivity contribution < 1.29 is 9.63 Å². The molecule has 1 rings (SSSR count). The molecule has 0 fully saturated rings. The van der Waals surface area contributed by atoms with E-state index in [-0.39, 0.29) is 5.91 Å². The Labute approximate surface area is 99.3 Å². The number of nitrogens with one attached hydrogen (secondary N) is 2. The van der Waals surface area contributed by atoms with Gasteiger partial charge in [0.1, 0.15) is 10.7 Å². The minimum Gasteiger partial charge on any atom is -0.314 e. The average Bonchev–Trinajstić information content (AvgIpc) is 2.49. The molecule has 0 saturated carbocycles. The number of aryl methyl sites for hydroxylation is 1. The molecule has 1 amide bonds. The Morgan fingerprint density at radius 3 is 2.56 bits per heavy atom. The fourth-order valence-electron chi connectivity index (χ4n) is 0.968. The van der Waals surface area contributed by atoms with Crippen molar-refractivity contribution in [2.24, 2.45) is 5.41 Å². The van der Waals surface area contributed by atoms with Crippen molar-refractivity contribution in [2.45, 2.75) is 27.7 Å². The Kier molecular flexibility index (Phi) is 3.88.